The summed E-state index contributed by atoms with van der Waals surface area (Å²) in [6.07, 6.45) is -7.98. The van der Waals surface area contributed by atoms with Crippen molar-refractivity contribution in [2.75, 3.05) is 26.2 Å². The van der Waals surface area contributed by atoms with Gasteiger partial charge in [0.25, 0.3) is 5.91 Å². The molecule has 1 saturated heterocycles. The Morgan fingerprint density at radius 1 is 0.973 bits per heavy atom. The number of amides is 2. The SMILES string of the molecule is NC(=O)CCN1CCN(C(=O)c2cc(C(F)(F)F)cc(C(F)(F)F)c2)[C@H](Cc2c[nH]c3ccccc23)C1. The smallest absolute Gasteiger partial charge is 0.370 e. The van der Waals surface area contributed by atoms with E-state index < -0.39 is 46.9 Å². The average Bonchev–Trinajstić information content (AvgIpc) is 3.24. The molecular weight excluding hydrogens is 502 g/mol. The first-order chi connectivity index (χ1) is 17.3. The van der Waals surface area contributed by atoms with Crippen LogP contribution in [0.4, 0.5) is 26.3 Å². The number of nitrogens with two attached hydrogens (primary N) is 1. The molecule has 0 bridgehead atoms. The van der Waals surface area contributed by atoms with Crippen LogP contribution in [0.5, 0.6) is 0 Å². The van der Waals surface area contributed by atoms with Gasteiger partial charge >= 0.3 is 12.4 Å². The molecule has 1 aliphatic heterocycles. The molecule has 12 heteroatoms. The number of piperazine rings is 1. The summed E-state index contributed by atoms with van der Waals surface area (Å²) in [4.78, 5) is 31.0. The fourth-order valence-corrected chi connectivity index (χ4v) is 4.63. The van der Waals surface area contributed by atoms with Crippen LogP contribution in [0.1, 0.15) is 33.5 Å². The van der Waals surface area contributed by atoms with Crippen LogP contribution in [0.3, 0.4) is 0 Å². The van der Waals surface area contributed by atoms with Crippen LogP contribution in [-0.2, 0) is 23.6 Å². The second-order valence-corrected chi connectivity index (χ2v) is 9.03. The molecule has 6 nitrogen and oxygen atoms in total. The molecule has 0 radical (unpaired) electrons. The zero-order chi connectivity index (χ0) is 27.0. The van der Waals surface area contributed by atoms with E-state index in [1.165, 1.54) is 4.90 Å². The van der Waals surface area contributed by atoms with Crippen LogP contribution in [0.25, 0.3) is 10.9 Å². The highest BCUT2D eigenvalue weighted by Gasteiger charge is 2.39. The monoisotopic (exact) mass is 526 g/mol. The number of para-hydroxylation sites is 1. The van der Waals surface area contributed by atoms with E-state index in [9.17, 15) is 35.9 Å². The molecule has 0 saturated carbocycles. The van der Waals surface area contributed by atoms with Gasteiger partial charge in [-0.3, -0.25) is 14.5 Å². The lowest BCUT2D eigenvalue weighted by molar-refractivity contribution is -0.143. The zero-order valence-electron chi connectivity index (χ0n) is 19.5. The van der Waals surface area contributed by atoms with Gasteiger partial charge in [-0.2, -0.15) is 26.3 Å². The average molecular weight is 526 g/mol. The van der Waals surface area contributed by atoms with Gasteiger partial charge in [0.1, 0.15) is 0 Å². The summed E-state index contributed by atoms with van der Waals surface area (Å²) in [5, 5.41) is 0.891. The van der Waals surface area contributed by atoms with Crippen LogP contribution in [0, 0.1) is 0 Å². The Kier molecular flexibility index (Phi) is 7.22. The van der Waals surface area contributed by atoms with Gasteiger partial charge in [0.05, 0.1) is 11.1 Å². The molecule has 1 fully saturated rings. The topological polar surface area (TPSA) is 82.4 Å². The number of H-pyrrole nitrogens is 1. The maximum Gasteiger partial charge on any atom is 0.416 e. The van der Waals surface area contributed by atoms with Crippen LogP contribution in [0.2, 0.25) is 0 Å². The van der Waals surface area contributed by atoms with Gasteiger partial charge in [-0.15, -0.1) is 0 Å². The summed E-state index contributed by atoms with van der Waals surface area (Å²) in [6.45, 7) is 0.934. The number of aromatic amines is 1. The van der Waals surface area contributed by atoms with Crippen molar-refractivity contribution in [2.45, 2.75) is 31.2 Å². The normalized spacial score (nSPS) is 17.4. The third-order valence-electron chi connectivity index (χ3n) is 6.47. The molecule has 0 aliphatic carbocycles. The van der Waals surface area contributed by atoms with Gasteiger partial charge in [-0.25, -0.2) is 0 Å². The number of fused-ring (bicyclic) bond motifs is 1. The third kappa shape index (κ3) is 6.07. The number of primary amides is 1. The van der Waals surface area contributed by atoms with Crippen molar-refractivity contribution < 1.29 is 35.9 Å². The van der Waals surface area contributed by atoms with E-state index in [2.05, 4.69) is 4.98 Å². The largest absolute Gasteiger partial charge is 0.416 e. The minimum absolute atomic E-state index is 0.00196. The summed E-state index contributed by atoms with van der Waals surface area (Å²) in [5.74, 6) is -1.42. The molecule has 0 unspecified atom stereocenters. The number of halogens is 6. The van der Waals surface area contributed by atoms with Gasteiger partial charge in [0.2, 0.25) is 5.91 Å². The van der Waals surface area contributed by atoms with E-state index in [1.54, 1.807) is 6.20 Å². The standard InChI is InChI=1S/C25H24F6N4O2/c26-24(27,28)17-9-15(10-18(12-17)25(29,30)31)23(37)35-8-7-34(6-5-22(32)36)14-19(35)11-16-13-33-21-4-2-1-3-20(16)21/h1-4,9-10,12-13,19,33H,5-8,11,14H2,(H2,32,36)/t19-/m1/s1. The summed E-state index contributed by atoms with van der Waals surface area (Å²) >= 11 is 0. The number of nitrogens with zero attached hydrogens (tertiary/aromatic N) is 2. The molecule has 1 aromatic heterocycles. The number of alkyl halides is 6. The molecule has 2 heterocycles. The first kappa shape index (κ1) is 26.5. The molecule has 2 aromatic carbocycles. The Balaban J connectivity index is 1.68. The highest BCUT2D eigenvalue weighted by Crippen LogP contribution is 2.37. The fraction of sp³-hybridized carbons (Fsp3) is 0.360. The van der Waals surface area contributed by atoms with E-state index in [1.807, 2.05) is 29.2 Å². The Morgan fingerprint density at radius 3 is 2.24 bits per heavy atom. The molecule has 2 amide bonds. The van der Waals surface area contributed by atoms with E-state index in [4.69, 9.17) is 5.73 Å². The number of carbonyl (C=O) groups is 2. The Hall–Kier alpha value is -3.54. The number of aromatic nitrogens is 1. The second-order valence-electron chi connectivity index (χ2n) is 9.03. The first-order valence-corrected chi connectivity index (χ1v) is 11.5. The molecule has 3 aromatic rings. The van der Waals surface area contributed by atoms with Gasteiger partial charge in [-0.1, -0.05) is 18.2 Å². The summed E-state index contributed by atoms with van der Waals surface area (Å²) in [7, 11) is 0. The summed E-state index contributed by atoms with van der Waals surface area (Å²) in [5.41, 5.74) is 3.17. The zero-order valence-corrected chi connectivity index (χ0v) is 19.5. The predicted octanol–water partition coefficient (Wildman–Crippen LogP) is 4.45. The van der Waals surface area contributed by atoms with Gasteiger partial charge in [0.15, 0.2) is 0 Å². The number of rotatable bonds is 6. The maximum absolute atomic E-state index is 13.4. The number of carbonyl (C=O) groups excluding carboxylic acids is 2. The van der Waals surface area contributed by atoms with Crippen molar-refractivity contribution in [2.24, 2.45) is 5.73 Å². The molecule has 1 atom stereocenters. The molecule has 4 rings (SSSR count). The van der Waals surface area contributed by atoms with Crippen molar-refractivity contribution in [1.29, 1.82) is 0 Å². The minimum atomic E-state index is -5.06. The third-order valence-corrected chi connectivity index (χ3v) is 6.47. The number of hydrogen-bond donors (Lipinski definition) is 2. The maximum atomic E-state index is 13.4. The van der Waals surface area contributed by atoms with Crippen molar-refractivity contribution >= 4 is 22.7 Å². The first-order valence-electron chi connectivity index (χ1n) is 11.5. The number of benzene rings is 2. The van der Waals surface area contributed by atoms with Crippen LogP contribution in [-0.4, -0.2) is 58.8 Å². The Bertz CT molecular complexity index is 1270. The van der Waals surface area contributed by atoms with E-state index in [0.717, 1.165) is 16.5 Å². The second kappa shape index (κ2) is 10.1. The van der Waals surface area contributed by atoms with Crippen LogP contribution >= 0.6 is 0 Å². The minimum Gasteiger partial charge on any atom is -0.370 e. The fourth-order valence-electron chi connectivity index (χ4n) is 4.63. The molecular formula is C25H24F6N4O2. The van der Waals surface area contributed by atoms with Crippen molar-refractivity contribution in [3.05, 3.63) is 70.9 Å². The summed E-state index contributed by atoms with van der Waals surface area (Å²) in [6, 6.07) is 7.77. The lowest BCUT2D eigenvalue weighted by Crippen LogP contribution is -2.56. The Labute approximate surface area is 208 Å². The Morgan fingerprint density at radius 2 is 1.62 bits per heavy atom. The van der Waals surface area contributed by atoms with Crippen molar-refractivity contribution in [3.63, 3.8) is 0 Å². The summed E-state index contributed by atoms with van der Waals surface area (Å²) < 4.78 is 80.3. The van der Waals surface area contributed by atoms with Gasteiger partial charge in [0, 0.05) is 61.3 Å². The van der Waals surface area contributed by atoms with Crippen LogP contribution < -0.4 is 5.73 Å². The van der Waals surface area contributed by atoms with E-state index in [-0.39, 0.29) is 32.1 Å². The number of nitrogens with one attached hydrogen (secondary N) is 1. The molecule has 0 spiro atoms. The highest BCUT2D eigenvalue weighted by molar-refractivity contribution is 5.95. The quantitative estimate of drug-likeness (QED) is 0.466. The predicted molar refractivity (Wildman–Crippen MR) is 124 cm³/mol. The van der Waals surface area contributed by atoms with Crippen molar-refractivity contribution in [3.8, 4) is 0 Å². The highest BCUT2D eigenvalue weighted by atomic mass is 19.4. The van der Waals surface area contributed by atoms with Gasteiger partial charge < -0.3 is 15.6 Å². The molecule has 1 aliphatic rings. The van der Waals surface area contributed by atoms with Gasteiger partial charge in [-0.05, 0) is 36.2 Å². The van der Waals surface area contributed by atoms with E-state index >= 15 is 0 Å². The van der Waals surface area contributed by atoms with E-state index in [0.29, 0.717) is 25.1 Å². The molecule has 3 N–H and O–H groups in total. The molecule has 198 valence electrons. The van der Waals surface area contributed by atoms with Crippen molar-refractivity contribution in [1.82, 2.24) is 14.8 Å². The number of hydrogen-bond acceptors (Lipinski definition) is 3. The lowest BCUT2D eigenvalue weighted by Gasteiger charge is -2.41. The molecule has 37 heavy (non-hydrogen) atoms. The lowest BCUT2D eigenvalue weighted by atomic mass is 9.98. The van der Waals surface area contributed by atoms with Crippen LogP contribution in [0.15, 0.2) is 48.7 Å².